The van der Waals surface area contributed by atoms with Gasteiger partial charge in [-0.2, -0.15) is 39.3 Å². The van der Waals surface area contributed by atoms with Gasteiger partial charge in [-0.05, 0) is 0 Å². The maximum absolute atomic E-state index is 6.26. The number of nitrogens with one attached hydrogen (secondary N) is 6. The average molecular weight is 199 g/mol. The van der Waals surface area contributed by atoms with Crippen molar-refractivity contribution in [3.05, 3.63) is 34.4 Å². The number of rotatable bonds is 3. The zero-order valence-corrected chi connectivity index (χ0v) is 9.36. The van der Waals surface area contributed by atoms with Gasteiger partial charge in [0, 0.05) is 0 Å². The Hall–Kier alpha value is 0.526. The molecule has 0 bridgehead atoms. The topological polar surface area (TPSA) is 143 Å². The zero-order chi connectivity index (χ0) is 10.2. The van der Waals surface area contributed by atoms with Crippen molar-refractivity contribution < 1.29 is 0 Å². The Kier molecular flexibility index (Phi) is 70.3. The van der Waals surface area contributed by atoms with Gasteiger partial charge in [0.2, 0.25) is 0 Å². The first-order valence-electron chi connectivity index (χ1n) is 3.62. The second-order valence-corrected chi connectivity index (χ2v) is 1.50. The molecule has 0 atom stereocenters. The molecular weight excluding hydrogens is 180 g/mol. The van der Waals surface area contributed by atoms with E-state index in [0.29, 0.717) is 0 Å². The molecule has 6 nitrogen and oxygen atoms in total. The molecule has 0 aromatic rings. The molecular formula is C6H18MgN6-4. The molecule has 0 rings (SSSR count). The van der Waals surface area contributed by atoms with E-state index in [9.17, 15) is 0 Å². The molecule has 0 spiro atoms. The Morgan fingerprint density at radius 2 is 0.462 bits per heavy atom. The molecule has 0 aliphatic carbocycles. The smallest absolute Gasteiger partial charge is 0.679 e. The number of hydrogen-bond donors (Lipinski definition) is 0. The van der Waals surface area contributed by atoms with Gasteiger partial charge in [0.05, 0.1) is 0 Å². The van der Waals surface area contributed by atoms with Gasteiger partial charge < -0.3 is 34.4 Å². The van der Waals surface area contributed by atoms with Crippen molar-refractivity contribution in [1.82, 2.24) is 0 Å². The van der Waals surface area contributed by atoms with Crippen molar-refractivity contribution in [1.29, 1.82) is 0 Å². The van der Waals surface area contributed by atoms with Crippen LogP contribution in [0.15, 0.2) is 0 Å². The molecule has 7 heteroatoms. The third kappa shape index (κ3) is 112. The van der Waals surface area contributed by atoms with Gasteiger partial charge in [-0.3, -0.25) is 0 Å². The molecule has 0 saturated carbocycles. The van der Waals surface area contributed by atoms with Crippen molar-refractivity contribution in [3.8, 4) is 0 Å². The first kappa shape index (κ1) is 23.4. The minimum Gasteiger partial charge on any atom is -0.679 e. The molecule has 78 valence electrons. The normalized spacial score (nSPS) is 6.92. The summed E-state index contributed by atoms with van der Waals surface area (Å²) < 4.78 is 0. The van der Waals surface area contributed by atoms with Crippen LogP contribution in [-0.4, -0.2) is 62.3 Å². The monoisotopic (exact) mass is 198 g/mol. The summed E-state index contributed by atoms with van der Waals surface area (Å²) in [4.78, 5) is 0. The van der Waals surface area contributed by atoms with Crippen molar-refractivity contribution in [3.63, 3.8) is 0 Å². The second kappa shape index (κ2) is 39.1. The molecule has 0 heterocycles. The SMILES string of the molecule is [Mg+2].[NH-]CC[NH-].[NH-]CC[NH-].[NH-]CC[NH-]. The molecule has 0 amide bonds. The van der Waals surface area contributed by atoms with Crippen LogP contribution in [0.5, 0.6) is 0 Å². The molecule has 0 fully saturated rings. The first-order valence-corrected chi connectivity index (χ1v) is 3.62. The molecule has 0 aromatic carbocycles. The Balaban J connectivity index is -0.0000000450. The summed E-state index contributed by atoms with van der Waals surface area (Å²) >= 11 is 0. The van der Waals surface area contributed by atoms with Crippen LogP contribution in [-0.2, 0) is 0 Å². The third-order valence-electron chi connectivity index (χ3n) is 0.375. The standard InChI is InChI=1S/3C2H6N2.Mg/c3*3-1-2-4;/h3*3-4H,1-2H2;/q3*-2;+2. The second-order valence-electron chi connectivity index (χ2n) is 1.50. The maximum atomic E-state index is 6.26. The molecule has 0 aliphatic heterocycles. The van der Waals surface area contributed by atoms with Crippen LogP contribution in [0.4, 0.5) is 0 Å². The van der Waals surface area contributed by atoms with E-state index in [4.69, 9.17) is 34.4 Å². The van der Waals surface area contributed by atoms with E-state index in [2.05, 4.69) is 0 Å². The summed E-state index contributed by atoms with van der Waals surface area (Å²) in [7, 11) is 0. The van der Waals surface area contributed by atoms with Crippen molar-refractivity contribution >= 4 is 23.1 Å². The van der Waals surface area contributed by atoms with E-state index in [1.165, 1.54) is 0 Å². The van der Waals surface area contributed by atoms with Gasteiger partial charge in [0.25, 0.3) is 0 Å². The van der Waals surface area contributed by atoms with Crippen LogP contribution in [0.3, 0.4) is 0 Å². The first-order chi connectivity index (χ1) is 5.74. The fourth-order valence-electron chi connectivity index (χ4n) is 0. The van der Waals surface area contributed by atoms with Crippen LogP contribution in [0, 0.1) is 0 Å². The molecule has 0 aliphatic rings. The van der Waals surface area contributed by atoms with Crippen LogP contribution >= 0.6 is 0 Å². The minimum absolute atomic E-state index is 0. The Morgan fingerprint density at radius 1 is 0.385 bits per heavy atom. The predicted octanol–water partition coefficient (Wildman–Crippen LogP) is 2.89. The van der Waals surface area contributed by atoms with Crippen LogP contribution in [0.25, 0.3) is 34.4 Å². The maximum Gasteiger partial charge on any atom is 2.00 e. The third-order valence-corrected chi connectivity index (χ3v) is 0.375. The molecule has 0 unspecified atom stereocenters. The fourth-order valence-corrected chi connectivity index (χ4v) is 0. The Labute approximate surface area is 96.9 Å². The van der Waals surface area contributed by atoms with Gasteiger partial charge in [-0.1, -0.05) is 0 Å². The molecule has 0 radical (unpaired) electrons. The summed E-state index contributed by atoms with van der Waals surface area (Å²) in [5.74, 6) is 0. The Morgan fingerprint density at radius 3 is 0.462 bits per heavy atom. The van der Waals surface area contributed by atoms with E-state index >= 15 is 0 Å². The van der Waals surface area contributed by atoms with E-state index in [1.54, 1.807) is 0 Å². The predicted molar refractivity (Wildman–Crippen MR) is 60.9 cm³/mol. The summed E-state index contributed by atoms with van der Waals surface area (Å²) in [5, 5.41) is 0. The van der Waals surface area contributed by atoms with Gasteiger partial charge in [0.15, 0.2) is 0 Å². The fraction of sp³-hybridized carbons (Fsp3) is 1.00. The summed E-state index contributed by atoms with van der Waals surface area (Å²) in [5.41, 5.74) is 37.6. The van der Waals surface area contributed by atoms with Crippen molar-refractivity contribution in [2.75, 3.05) is 39.3 Å². The van der Waals surface area contributed by atoms with Gasteiger partial charge in [-0.25, -0.2) is 0 Å². The summed E-state index contributed by atoms with van der Waals surface area (Å²) in [6, 6.07) is 0. The van der Waals surface area contributed by atoms with Gasteiger partial charge in [0.1, 0.15) is 0 Å². The molecule has 0 saturated heterocycles. The van der Waals surface area contributed by atoms with E-state index < -0.39 is 0 Å². The summed E-state index contributed by atoms with van der Waals surface area (Å²) in [6.45, 7) is 1.42. The molecule has 0 aromatic heterocycles. The Bertz CT molecular complexity index is 32.6. The zero-order valence-electron chi connectivity index (χ0n) is 7.95. The minimum atomic E-state index is 0. The van der Waals surface area contributed by atoms with Crippen LogP contribution < -0.4 is 0 Å². The quantitative estimate of drug-likeness (QED) is 0.614. The van der Waals surface area contributed by atoms with Crippen LogP contribution in [0.2, 0.25) is 0 Å². The van der Waals surface area contributed by atoms with E-state index in [-0.39, 0.29) is 62.3 Å². The number of hydrogen-bond acceptors (Lipinski definition) is 0. The van der Waals surface area contributed by atoms with E-state index in [1.807, 2.05) is 0 Å². The van der Waals surface area contributed by atoms with Crippen LogP contribution in [0.1, 0.15) is 0 Å². The average Bonchev–Trinajstić information content (AvgIpc) is 2.18. The summed E-state index contributed by atoms with van der Waals surface area (Å²) in [6.07, 6.45) is 0. The largest absolute Gasteiger partial charge is 2.00 e. The molecule has 13 heavy (non-hydrogen) atoms. The van der Waals surface area contributed by atoms with Crippen molar-refractivity contribution in [2.45, 2.75) is 0 Å². The van der Waals surface area contributed by atoms with E-state index in [0.717, 1.165) is 0 Å². The van der Waals surface area contributed by atoms with Gasteiger partial charge >= 0.3 is 23.1 Å². The molecule has 6 N–H and O–H groups in total. The van der Waals surface area contributed by atoms with Gasteiger partial charge in [-0.15, -0.1) is 0 Å². The van der Waals surface area contributed by atoms with Crippen molar-refractivity contribution in [2.24, 2.45) is 0 Å².